The maximum Gasteiger partial charge on any atom is 0.288 e. The summed E-state index contributed by atoms with van der Waals surface area (Å²) in [5.41, 5.74) is 0.921. The Morgan fingerprint density at radius 2 is 1.56 bits per heavy atom. The average molecular weight is 459 g/mol. The molecule has 1 aliphatic heterocycles. The van der Waals surface area contributed by atoms with E-state index in [0.29, 0.717) is 29.7 Å². The number of hydrogen-bond donors (Lipinski definition) is 0. The van der Waals surface area contributed by atoms with E-state index in [1.54, 1.807) is 4.68 Å². The summed E-state index contributed by atoms with van der Waals surface area (Å²) in [5.74, 6) is 0.849. The van der Waals surface area contributed by atoms with Crippen LogP contribution in [0, 0.1) is 4.84 Å². The number of nitrogens with zero attached hydrogens (tertiary/aromatic N) is 4. The molecule has 1 aromatic carbocycles. The van der Waals surface area contributed by atoms with E-state index in [4.69, 9.17) is 16.6 Å². The van der Waals surface area contributed by atoms with E-state index in [0.717, 1.165) is 38.2 Å². The van der Waals surface area contributed by atoms with Gasteiger partial charge in [0.15, 0.2) is 0 Å². The molecule has 176 valence electrons. The first kappa shape index (κ1) is 24.6. The van der Waals surface area contributed by atoms with Crippen molar-refractivity contribution in [3.63, 3.8) is 0 Å². The summed E-state index contributed by atoms with van der Waals surface area (Å²) in [4.78, 5) is 17.2. The van der Waals surface area contributed by atoms with Gasteiger partial charge in [-0.3, -0.25) is 9.69 Å². The molecule has 0 aliphatic carbocycles. The minimum absolute atomic E-state index is 0.303. The molecule has 0 spiro atoms. The van der Waals surface area contributed by atoms with Crippen LogP contribution in [-0.4, -0.2) is 51.7 Å². The van der Waals surface area contributed by atoms with Gasteiger partial charge in [-0.15, -0.1) is 5.10 Å². The number of piperazine rings is 1. The zero-order chi connectivity index (χ0) is 22.6. The van der Waals surface area contributed by atoms with E-state index in [9.17, 15) is 4.79 Å². The smallest absolute Gasteiger partial charge is 0.288 e. The van der Waals surface area contributed by atoms with E-state index in [-0.39, 0.29) is 0 Å². The Labute approximate surface area is 197 Å². The minimum Gasteiger partial charge on any atom is -0.409 e. The molecule has 2 aromatic rings. The Kier molecular flexibility index (Phi) is 10.4. The van der Waals surface area contributed by atoms with Crippen molar-refractivity contribution in [2.75, 3.05) is 26.2 Å². The van der Waals surface area contributed by atoms with Gasteiger partial charge in [0, 0.05) is 38.2 Å². The lowest BCUT2D eigenvalue weighted by Crippen LogP contribution is -2.49. The third kappa shape index (κ3) is 7.85. The molecule has 32 heavy (non-hydrogen) atoms. The van der Waals surface area contributed by atoms with Crippen molar-refractivity contribution in [3.8, 4) is 11.5 Å². The molecular formula is C25H38N4O2S. The normalized spacial score (nSPS) is 14.7. The molecule has 0 N–H and O–H groups in total. The summed E-state index contributed by atoms with van der Waals surface area (Å²) >= 11 is 5.35. The van der Waals surface area contributed by atoms with Crippen LogP contribution in [0.3, 0.4) is 0 Å². The van der Waals surface area contributed by atoms with Crippen LogP contribution in [0.1, 0.15) is 71.1 Å². The molecule has 0 saturated carbocycles. The van der Waals surface area contributed by atoms with E-state index < -0.39 is 0 Å². The Morgan fingerprint density at radius 3 is 2.22 bits per heavy atom. The van der Waals surface area contributed by atoms with Crippen LogP contribution in [0.4, 0.5) is 0 Å². The Hall–Kier alpha value is -1.99. The molecule has 1 saturated heterocycles. The van der Waals surface area contributed by atoms with Gasteiger partial charge >= 0.3 is 0 Å². The van der Waals surface area contributed by atoms with E-state index in [1.807, 2.05) is 35.2 Å². The van der Waals surface area contributed by atoms with Crippen LogP contribution in [-0.2, 0) is 11.5 Å². The maximum atomic E-state index is 12.5. The maximum absolute atomic E-state index is 12.5. The second-order valence-electron chi connectivity index (χ2n) is 8.76. The molecule has 3 rings (SSSR count). The van der Waals surface area contributed by atoms with Gasteiger partial charge in [0.2, 0.25) is 11.8 Å². The topological polar surface area (TPSA) is 54.5 Å². The predicted octanol–water partition coefficient (Wildman–Crippen LogP) is 5.90. The number of hydrogen-bond acceptors (Lipinski definition) is 5. The average Bonchev–Trinajstić information content (AvgIpc) is 3.19. The number of carbonyl (C=O) groups is 1. The molecule has 7 heteroatoms. The monoisotopic (exact) mass is 458 g/mol. The minimum atomic E-state index is 0.303. The highest BCUT2D eigenvalue weighted by Gasteiger charge is 2.21. The number of carbonyl (C=O) groups excluding carboxylic acids is 1. The number of aromatic nitrogens is 2. The lowest BCUT2D eigenvalue weighted by atomic mass is 10.1. The summed E-state index contributed by atoms with van der Waals surface area (Å²) < 4.78 is 7.41. The van der Waals surface area contributed by atoms with Gasteiger partial charge < -0.3 is 9.32 Å². The highest BCUT2D eigenvalue weighted by atomic mass is 32.1. The fraction of sp³-hybridized carbons (Fsp3) is 0.640. The van der Waals surface area contributed by atoms with Crippen molar-refractivity contribution >= 4 is 18.1 Å². The van der Waals surface area contributed by atoms with Crippen LogP contribution < -0.4 is 0 Å². The van der Waals surface area contributed by atoms with Crippen molar-refractivity contribution in [2.45, 2.75) is 77.8 Å². The van der Waals surface area contributed by atoms with Crippen LogP contribution >= 0.6 is 12.2 Å². The van der Waals surface area contributed by atoms with Crippen molar-refractivity contribution in [3.05, 3.63) is 35.2 Å². The molecule has 0 radical (unpaired) electrons. The Bertz CT molecular complexity index is 856. The van der Waals surface area contributed by atoms with Gasteiger partial charge in [-0.2, -0.15) is 0 Å². The van der Waals surface area contributed by atoms with E-state index in [2.05, 4.69) is 16.9 Å². The molecule has 1 fully saturated rings. The van der Waals surface area contributed by atoms with Crippen molar-refractivity contribution in [2.24, 2.45) is 0 Å². The van der Waals surface area contributed by atoms with E-state index in [1.165, 1.54) is 51.4 Å². The summed E-state index contributed by atoms with van der Waals surface area (Å²) in [7, 11) is 0. The number of amides is 1. The second-order valence-corrected chi connectivity index (χ2v) is 9.11. The SMILES string of the molecule is CCCCCCCCCCCC(=O)N1CCN(Cn2nc(-c3ccccc3)oc2=S)CC1. The third-order valence-electron chi connectivity index (χ3n) is 6.18. The summed E-state index contributed by atoms with van der Waals surface area (Å²) in [6, 6.07) is 9.80. The first-order valence-corrected chi connectivity index (χ1v) is 12.7. The third-order valence-corrected chi connectivity index (χ3v) is 6.47. The van der Waals surface area contributed by atoms with Gasteiger partial charge in [-0.25, -0.2) is 4.68 Å². The number of rotatable bonds is 13. The van der Waals surface area contributed by atoms with Crippen LogP contribution in [0.5, 0.6) is 0 Å². The summed E-state index contributed by atoms with van der Waals surface area (Å²) in [6.07, 6.45) is 12.2. The van der Waals surface area contributed by atoms with Crippen LogP contribution in [0.15, 0.2) is 34.7 Å². The molecule has 0 unspecified atom stereocenters. The first-order chi connectivity index (χ1) is 15.7. The van der Waals surface area contributed by atoms with Gasteiger partial charge in [0.25, 0.3) is 4.84 Å². The van der Waals surface area contributed by atoms with Gasteiger partial charge in [-0.1, -0.05) is 76.5 Å². The fourth-order valence-electron chi connectivity index (χ4n) is 4.17. The van der Waals surface area contributed by atoms with Gasteiger partial charge in [0.05, 0.1) is 6.67 Å². The number of unbranched alkanes of at least 4 members (excludes halogenated alkanes) is 8. The molecule has 1 aliphatic rings. The highest BCUT2D eigenvalue weighted by molar-refractivity contribution is 7.71. The molecule has 0 bridgehead atoms. The zero-order valence-corrected chi connectivity index (χ0v) is 20.3. The van der Waals surface area contributed by atoms with Crippen molar-refractivity contribution in [1.82, 2.24) is 19.6 Å². The molecular weight excluding hydrogens is 420 g/mol. The molecule has 0 atom stereocenters. The standard InChI is InChI=1S/C25H38N4O2S/c1-2-3-4-5-6-7-8-9-13-16-23(30)28-19-17-27(18-20-28)21-29-25(32)31-24(26-29)22-14-11-10-12-15-22/h10-12,14-15H,2-9,13,16-21H2,1H3. The van der Waals surface area contributed by atoms with Crippen molar-refractivity contribution in [1.29, 1.82) is 0 Å². The van der Waals surface area contributed by atoms with Crippen LogP contribution in [0.2, 0.25) is 0 Å². The Morgan fingerprint density at radius 1 is 0.938 bits per heavy atom. The summed E-state index contributed by atoms with van der Waals surface area (Å²) in [5, 5.41) is 4.54. The Balaban J connectivity index is 1.32. The first-order valence-electron chi connectivity index (χ1n) is 12.3. The molecule has 2 heterocycles. The largest absolute Gasteiger partial charge is 0.409 e. The fourth-order valence-corrected chi connectivity index (χ4v) is 4.34. The second kappa shape index (κ2) is 13.5. The predicted molar refractivity (Wildman–Crippen MR) is 131 cm³/mol. The summed E-state index contributed by atoms with van der Waals surface area (Å²) in [6.45, 7) is 6.05. The number of benzene rings is 1. The lowest BCUT2D eigenvalue weighted by Gasteiger charge is -2.34. The molecule has 1 aromatic heterocycles. The van der Waals surface area contributed by atoms with Crippen molar-refractivity contribution < 1.29 is 9.21 Å². The van der Waals surface area contributed by atoms with Gasteiger partial charge in [-0.05, 0) is 30.8 Å². The van der Waals surface area contributed by atoms with Crippen LogP contribution in [0.25, 0.3) is 11.5 Å². The zero-order valence-electron chi connectivity index (χ0n) is 19.5. The highest BCUT2D eigenvalue weighted by Crippen LogP contribution is 2.18. The molecule has 6 nitrogen and oxygen atoms in total. The molecule has 1 amide bonds. The van der Waals surface area contributed by atoms with Gasteiger partial charge in [0.1, 0.15) is 0 Å². The van der Waals surface area contributed by atoms with E-state index >= 15 is 0 Å². The lowest BCUT2D eigenvalue weighted by molar-refractivity contribution is -0.133. The quantitative estimate of drug-likeness (QED) is 0.276.